The summed E-state index contributed by atoms with van der Waals surface area (Å²) in [7, 11) is 1.93. The second-order valence-electron chi connectivity index (χ2n) is 4.25. The van der Waals surface area contributed by atoms with Gasteiger partial charge in [0.15, 0.2) is 0 Å². The molecule has 0 saturated carbocycles. The smallest absolute Gasteiger partial charge is 0.323 e. The number of nitrogens with one attached hydrogen (secondary N) is 1. The molecule has 1 rings (SSSR count). The minimum absolute atomic E-state index is 0.161. The molecule has 0 aliphatic heterocycles. The van der Waals surface area contributed by atoms with Gasteiger partial charge in [-0.25, -0.2) is 0 Å². The Bertz CT molecular complexity index is 407. The molecule has 0 aromatic carbocycles. The Labute approximate surface area is 119 Å². The highest BCUT2D eigenvalue weighted by Crippen LogP contribution is 2.19. The van der Waals surface area contributed by atoms with E-state index in [0.29, 0.717) is 6.61 Å². The maximum absolute atomic E-state index is 11.7. The molecule has 0 radical (unpaired) electrons. The monoisotopic (exact) mass is 285 g/mol. The van der Waals surface area contributed by atoms with Crippen LogP contribution in [0, 0.1) is 6.92 Å². The quantitative estimate of drug-likeness (QED) is 0.582. The summed E-state index contributed by atoms with van der Waals surface area (Å²) in [6, 6.07) is 1.84. The van der Waals surface area contributed by atoms with Crippen molar-refractivity contribution in [3.05, 3.63) is 11.8 Å². The zero-order valence-electron chi connectivity index (χ0n) is 12.1. The van der Waals surface area contributed by atoms with Crippen LogP contribution in [-0.2, 0) is 16.6 Å². The molecule has 1 aromatic rings. The molecule has 1 heterocycles. The zero-order chi connectivity index (χ0) is 14.3. The maximum atomic E-state index is 11.7. The Morgan fingerprint density at radius 2 is 2.32 bits per heavy atom. The Hall–Kier alpha value is -1.01. The van der Waals surface area contributed by atoms with Crippen molar-refractivity contribution in [2.24, 2.45) is 7.05 Å². The van der Waals surface area contributed by atoms with Crippen molar-refractivity contribution in [1.82, 2.24) is 15.1 Å². The van der Waals surface area contributed by atoms with Gasteiger partial charge in [-0.05, 0) is 32.9 Å². The summed E-state index contributed by atoms with van der Waals surface area (Å²) in [4.78, 5) is 11.7. The lowest BCUT2D eigenvalue weighted by Gasteiger charge is -2.15. The molecule has 0 amide bonds. The molecule has 1 atom stereocenters. The summed E-state index contributed by atoms with van der Waals surface area (Å²) in [5, 5.41) is 8.58. The van der Waals surface area contributed by atoms with Gasteiger partial charge in [-0.2, -0.15) is 5.10 Å². The third-order valence-electron chi connectivity index (χ3n) is 2.64. The van der Waals surface area contributed by atoms with Gasteiger partial charge in [0.2, 0.25) is 0 Å². The van der Waals surface area contributed by atoms with Crippen LogP contribution >= 0.6 is 11.8 Å². The van der Waals surface area contributed by atoms with Crippen LogP contribution in [-0.4, -0.2) is 40.7 Å². The van der Waals surface area contributed by atoms with E-state index >= 15 is 0 Å². The second-order valence-corrected chi connectivity index (χ2v) is 5.36. The van der Waals surface area contributed by atoms with Crippen molar-refractivity contribution >= 4 is 17.7 Å². The average molecular weight is 285 g/mol. The number of carbonyl (C=O) groups is 1. The molecule has 6 heteroatoms. The Balaban J connectivity index is 2.43. The van der Waals surface area contributed by atoms with Gasteiger partial charge in [-0.15, -0.1) is 11.8 Å². The molecule has 0 aliphatic carbocycles. The largest absolute Gasteiger partial charge is 0.465 e. The van der Waals surface area contributed by atoms with Crippen LogP contribution in [0.4, 0.5) is 0 Å². The summed E-state index contributed by atoms with van der Waals surface area (Å²) >= 11 is 1.71. The first-order chi connectivity index (χ1) is 9.08. The van der Waals surface area contributed by atoms with Gasteiger partial charge < -0.3 is 10.1 Å². The third-order valence-corrected chi connectivity index (χ3v) is 3.75. The van der Waals surface area contributed by atoms with Crippen molar-refractivity contribution in [2.45, 2.75) is 38.3 Å². The van der Waals surface area contributed by atoms with Gasteiger partial charge in [-0.1, -0.05) is 6.92 Å². The van der Waals surface area contributed by atoms with Gasteiger partial charge in [0.05, 0.1) is 17.3 Å². The Kier molecular flexibility index (Phi) is 6.94. The van der Waals surface area contributed by atoms with Crippen molar-refractivity contribution in [1.29, 1.82) is 0 Å². The highest BCUT2D eigenvalue weighted by molar-refractivity contribution is 7.99. The van der Waals surface area contributed by atoms with E-state index in [4.69, 9.17) is 4.74 Å². The number of ether oxygens (including phenoxy) is 1. The van der Waals surface area contributed by atoms with Crippen LogP contribution in [0.5, 0.6) is 0 Å². The fraction of sp³-hybridized carbons (Fsp3) is 0.692. The molecule has 5 nitrogen and oxygen atoms in total. The van der Waals surface area contributed by atoms with Crippen LogP contribution in [0.3, 0.4) is 0 Å². The van der Waals surface area contributed by atoms with Crippen LogP contribution < -0.4 is 5.32 Å². The minimum Gasteiger partial charge on any atom is -0.465 e. The molecular weight excluding hydrogens is 262 g/mol. The number of thioether (sulfide) groups is 1. The van der Waals surface area contributed by atoms with E-state index in [1.807, 2.05) is 32.5 Å². The fourth-order valence-corrected chi connectivity index (χ4v) is 2.84. The first-order valence-electron chi connectivity index (χ1n) is 6.61. The van der Waals surface area contributed by atoms with E-state index in [1.54, 1.807) is 11.8 Å². The molecular formula is C13H23N3O2S. The number of rotatable bonds is 8. The predicted molar refractivity (Wildman–Crippen MR) is 77.4 cm³/mol. The van der Waals surface area contributed by atoms with E-state index < -0.39 is 0 Å². The molecule has 19 heavy (non-hydrogen) atoms. The second kappa shape index (κ2) is 8.22. The predicted octanol–water partition coefficient (Wildman–Crippen LogP) is 1.75. The first-order valence-corrected chi connectivity index (χ1v) is 7.60. The highest BCUT2D eigenvalue weighted by Gasteiger charge is 2.18. The summed E-state index contributed by atoms with van der Waals surface area (Å²) < 4.78 is 6.93. The van der Waals surface area contributed by atoms with Crippen molar-refractivity contribution < 1.29 is 9.53 Å². The summed E-state index contributed by atoms with van der Waals surface area (Å²) in [6.45, 7) is 6.98. The fourth-order valence-electron chi connectivity index (χ4n) is 1.80. The number of aryl methyl sites for hydroxylation is 2. The minimum atomic E-state index is -0.216. The molecule has 0 aliphatic rings. The number of hydrogen-bond donors (Lipinski definition) is 1. The van der Waals surface area contributed by atoms with Gasteiger partial charge in [0.25, 0.3) is 0 Å². The van der Waals surface area contributed by atoms with Crippen molar-refractivity contribution in [3.8, 4) is 0 Å². The number of hydrogen-bond acceptors (Lipinski definition) is 5. The van der Waals surface area contributed by atoms with Gasteiger partial charge in [-0.3, -0.25) is 9.48 Å². The lowest BCUT2D eigenvalue weighted by molar-refractivity contribution is -0.145. The van der Waals surface area contributed by atoms with E-state index in [2.05, 4.69) is 16.5 Å². The topological polar surface area (TPSA) is 56.2 Å². The first kappa shape index (κ1) is 16.0. The average Bonchev–Trinajstić information content (AvgIpc) is 2.67. The van der Waals surface area contributed by atoms with E-state index in [0.717, 1.165) is 29.4 Å². The molecule has 1 aromatic heterocycles. The lowest BCUT2D eigenvalue weighted by atomic mass is 10.2. The highest BCUT2D eigenvalue weighted by atomic mass is 32.2. The molecule has 1 unspecified atom stereocenters. The third kappa shape index (κ3) is 5.24. The molecule has 0 spiro atoms. The molecule has 0 bridgehead atoms. The number of carbonyl (C=O) groups excluding carboxylic acids is 1. The van der Waals surface area contributed by atoms with Crippen LogP contribution in [0.2, 0.25) is 0 Å². The molecule has 1 N–H and O–H groups in total. The van der Waals surface area contributed by atoms with Crippen molar-refractivity contribution in [2.75, 3.05) is 18.9 Å². The number of esters is 1. The summed E-state index contributed by atoms with van der Waals surface area (Å²) in [6.07, 6.45) is 0.752. The van der Waals surface area contributed by atoms with E-state index in [-0.39, 0.29) is 12.0 Å². The maximum Gasteiger partial charge on any atom is 0.323 e. The summed E-state index contributed by atoms with van der Waals surface area (Å²) in [5.74, 6) is 0.696. The number of likely N-dealkylation sites (N-methyl/N-ethyl adjacent to an activating group) is 1. The molecule has 108 valence electrons. The molecule has 0 fully saturated rings. The SMILES string of the molecule is CCNC(CCSc1cc(C)nn1C)C(=O)OCC. The number of nitrogens with zero attached hydrogens (tertiary/aromatic N) is 2. The van der Waals surface area contributed by atoms with E-state index in [1.165, 1.54) is 0 Å². The van der Waals surface area contributed by atoms with Crippen LogP contribution in [0.25, 0.3) is 0 Å². The summed E-state index contributed by atoms with van der Waals surface area (Å²) in [5.41, 5.74) is 1.01. The zero-order valence-corrected chi connectivity index (χ0v) is 12.9. The van der Waals surface area contributed by atoms with Crippen molar-refractivity contribution in [3.63, 3.8) is 0 Å². The Morgan fingerprint density at radius 1 is 1.58 bits per heavy atom. The number of aromatic nitrogens is 2. The van der Waals surface area contributed by atoms with Crippen LogP contribution in [0.1, 0.15) is 26.0 Å². The van der Waals surface area contributed by atoms with Crippen LogP contribution in [0.15, 0.2) is 11.1 Å². The lowest BCUT2D eigenvalue weighted by Crippen LogP contribution is -2.38. The standard InChI is InChI=1S/C13H23N3O2S/c1-5-14-11(13(17)18-6-2)7-8-19-12-9-10(3)15-16(12)4/h9,11,14H,5-8H2,1-4H3. The normalized spacial score (nSPS) is 12.4. The van der Waals surface area contributed by atoms with Gasteiger partial charge in [0, 0.05) is 12.8 Å². The molecule has 0 saturated heterocycles. The van der Waals surface area contributed by atoms with Gasteiger partial charge >= 0.3 is 5.97 Å². The Morgan fingerprint density at radius 3 is 2.84 bits per heavy atom. The van der Waals surface area contributed by atoms with Gasteiger partial charge in [0.1, 0.15) is 6.04 Å². The van der Waals surface area contributed by atoms with E-state index in [9.17, 15) is 4.79 Å².